The highest BCUT2D eigenvalue weighted by atomic mass is 32.1. The van der Waals surface area contributed by atoms with Crippen LogP contribution in [0.25, 0.3) is 0 Å². The molecule has 0 saturated carbocycles. The average molecular weight is 369 g/mol. The van der Waals surface area contributed by atoms with Crippen molar-refractivity contribution in [2.24, 2.45) is 0 Å². The summed E-state index contributed by atoms with van der Waals surface area (Å²) in [5.74, 6) is -1.10. The molecule has 3 aromatic rings. The molecule has 2 heterocycles. The van der Waals surface area contributed by atoms with Crippen LogP contribution in [0, 0.1) is 6.92 Å². The number of carbonyl (C=O) groups excluding carboxylic acids is 3. The smallest absolute Gasteiger partial charge is 0.291 e. The SMILES string of the molecule is Cc1cc(NC(=O)c2ccco2)sc1C(=O)NNC(=O)c1ccccc1. The number of nitrogens with one attached hydrogen (secondary N) is 3. The fourth-order valence-electron chi connectivity index (χ4n) is 2.18. The van der Waals surface area contributed by atoms with E-state index < -0.39 is 17.7 Å². The Kier molecular flexibility index (Phi) is 5.14. The number of anilines is 1. The fraction of sp³-hybridized carbons (Fsp3) is 0.0556. The number of hydrazine groups is 1. The van der Waals surface area contributed by atoms with E-state index >= 15 is 0 Å². The maximum absolute atomic E-state index is 12.3. The van der Waals surface area contributed by atoms with Crippen molar-refractivity contribution in [2.75, 3.05) is 5.32 Å². The average Bonchev–Trinajstić information content (AvgIpc) is 3.30. The third-order valence-electron chi connectivity index (χ3n) is 3.43. The van der Waals surface area contributed by atoms with Crippen molar-refractivity contribution >= 4 is 34.1 Å². The molecule has 132 valence electrons. The van der Waals surface area contributed by atoms with Gasteiger partial charge in [0.25, 0.3) is 17.7 Å². The summed E-state index contributed by atoms with van der Waals surface area (Å²) in [4.78, 5) is 36.6. The van der Waals surface area contributed by atoms with E-state index in [1.165, 1.54) is 6.26 Å². The fourth-order valence-corrected chi connectivity index (χ4v) is 3.15. The predicted octanol–water partition coefficient (Wildman–Crippen LogP) is 2.98. The van der Waals surface area contributed by atoms with E-state index in [1.54, 1.807) is 55.5 Å². The van der Waals surface area contributed by atoms with Gasteiger partial charge in [-0.05, 0) is 42.8 Å². The second kappa shape index (κ2) is 7.66. The first-order valence-electron chi connectivity index (χ1n) is 7.65. The van der Waals surface area contributed by atoms with Gasteiger partial charge in [0.1, 0.15) is 0 Å². The van der Waals surface area contributed by atoms with Crippen molar-refractivity contribution < 1.29 is 18.8 Å². The highest BCUT2D eigenvalue weighted by Gasteiger charge is 2.17. The second-order valence-corrected chi connectivity index (χ2v) is 6.38. The summed E-state index contributed by atoms with van der Waals surface area (Å²) < 4.78 is 5.02. The van der Waals surface area contributed by atoms with Crippen LogP contribution >= 0.6 is 11.3 Å². The zero-order valence-electron chi connectivity index (χ0n) is 13.7. The van der Waals surface area contributed by atoms with Gasteiger partial charge in [0.2, 0.25) is 0 Å². The Balaban J connectivity index is 1.62. The van der Waals surface area contributed by atoms with E-state index in [1.807, 2.05) is 0 Å². The Labute approximate surface area is 153 Å². The first-order chi connectivity index (χ1) is 12.5. The summed E-state index contributed by atoms with van der Waals surface area (Å²) in [5, 5.41) is 3.17. The molecule has 8 heteroatoms. The molecule has 1 aromatic carbocycles. The molecule has 0 aliphatic rings. The Morgan fingerprint density at radius 2 is 1.65 bits per heavy atom. The molecule has 3 amide bonds. The van der Waals surface area contributed by atoms with Gasteiger partial charge in [-0.1, -0.05) is 18.2 Å². The van der Waals surface area contributed by atoms with E-state index in [-0.39, 0.29) is 5.76 Å². The van der Waals surface area contributed by atoms with Crippen LogP contribution in [0.15, 0.2) is 59.2 Å². The molecule has 0 bridgehead atoms. The van der Waals surface area contributed by atoms with Crippen molar-refractivity contribution in [1.29, 1.82) is 0 Å². The Morgan fingerprint density at radius 1 is 0.923 bits per heavy atom. The lowest BCUT2D eigenvalue weighted by atomic mass is 10.2. The molecule has 3 N–H and O–H groups in total. The minimum Gasteiger partial charge on any atom is -0.459 e. The molecule has 3 rings (SSSR count). The van der Waals surface area contributed by atoms with E-state index in [4.69, 9.17) is 4.42 Å². The summed E-state index contributed by atoms with van der Waals surface area (Å²) in [6, 6.07) is 13.4. The molecule has 0 aliphatic heterocycles. The Morgan fingerprint density at radius 3 is 2.35 bits per heavy atom. The van der Waals surface area contributed by atoms with Crippen LogP contribution in [-0.4, -0.2) is 17.7 Å². The molecule has 2 aromatic heterocycles. The van der Waals surface area contributed by atoms with Crippen molar-refractivity contribution in [3.63, 3.8) is 0 Å². The van der Waals surface area contributed by atoms with Crippen molar-refractivity contribution in [2.45, 2.75) is 6.92 Å². The molecule has 0 unspecified atom stereocenters. The Bertz CT molecular complexity index is 933. The summed E-state index contributed by atoms with van der Waals surface area (Å²) in [6.07, 6.45) is 1.41. The number of amides is 3. The quantitative estimate of drug-likeness (QED) is 0.616. The van der Waals surface area contributed by atoms with Gasteiger partial charge in [-0.25, -0.2) is 0 Å². The van der Waals surface area contributed by atoms with Crippen LogP contribution in [0.2, 0.25) is 0 Å². The van der Waals surface area contributed by atoms with Crippen molar-refractivity contribution in [3.05, 3.63) is 76.6 Å². The van der Waals surface area contributed by atoms with Gasteiger partial charge in [0, 0.05) is 5.56 Å². The standard InChI is InChI=1S/C18H15N3O4S/c1-11-10-14(19-17(23)13-8-5-9-25-13)26-15(11)18(24)21-20-16(22)12-6-3-2-4-7-12/h2-10H,1H3,(H,19,23)(H,20,22)(H,21,24). The summed E-state index contributed by atoms with van der Waals surface area (Å²) in [5.41, 5.74) is 5.85. The van der Waals surface area contributed by atoms with Gasteiger partial charge in [-0.2, -0.15) is 0 Å². The van der Waals surface area contributed by atoms with E-state index in [0.717, 1.165) is 11.3 Å². The zero-order chi connectivity index (χ0) is 18.5. The molecule has 0 aliphatic carbocycles. The van der Waals surface area contributed by atoms with Gasteiger partial charge in [0.15, 0.2) is 5.76 Å². The maximum atomic E-state index is 12.3. The number of carbonyl (C=O) groups is 3. The number of aryl methyl sites for hydroxylation is 1. The maximum Gasteiger partial charge on any atom is 0.291 e. The minimum atomic E-state index is -0.463. The first kappa shape index (κ1) is 17.4. The molecular formula is C18H15N3O4S. The third kappa shape index (κ3) is 3.98. The normalized spacial score (nSPS) is 10.2. The highest BCUT2D eigenvalue weighted by Crippen LogP contribution is 2.27. The predicted molar refractivity (Wildman–Crippen MR) is 97.1 cm³/mol. The zero-order valence-corrected chi connectivity index (χ0v) is 14.6. The summed E-state index contributed by atoms with van der Waals surface area (Å²) in [7, 11) is 0. The largest absolute Gasteiger partial charge is 0.459 e. The molecule has 26 heavy (non-hydrogen) atoms. The minimum absolute atomic E-state index is 0.178. The molecule has 7 nitrogen and oxygen atoms in total. The Hall–Kier alpha value is -3.39. The highest BCUT2D eigenvalue weighted by molar-refractivity contribution is 7.18. The number of furan rings is 1. The third-order valence-corrected chi connectivity index (χ3v) is 4.58. The molecule has 0 saturated heterocycles. The second-order valence-electron chi connectivity index (χ2n) is 5.33. The monoisotopic (exact) mass is 369 g/mol. The lowest BCUT2D eigenvalue weighted by molar-refractivity contribution is 0.0848. The van der Waals surface area contributed by atoms with Crippen LogP contribution in [0.5, 0.6) is 0 Å². The van der Waals surface area contributed by atoms with Gasteiger partial charge in [0.05, 0.1) is 16.1 Å². The van der Waals surface area contributed by atoms with Crippen LogP contribution < -0.4 is 16.2 Å². The van der Waals surface area contributed by atoms with Crippen LogP contribution in [0.1, 0.15) is 36.1 Å². The molecule has 0 fully saturated rings. The van der Waals surface area contributed by atoms with Crippen LogP contribution in [0.4, 0.5) is 5.00 Å². The lowest BCUT2D eigenvalue weighted by Gasteiger charge is -2.06. The number of hydrogen-bond acceptors (Lipinski definition) is 5. The van der Waals surface area contributed by atoms with Gasteiger partial charge in [-0.15, -0.1) is 11.3 Å². The molecule has 0 spiro atoms. The number of rotatable bonds is 4. The van der Waals surface area contributed by atoms with Crippen molar-refractivity contribution in [3.8, 4) is 0 Å². The number of hydrogen-bond donors (Lipinski definition) is 3. The molecule has 0 atom stereocenters. The van der Waals surface area contributed by atoms with Crippen LogP contribution in [-0.2, 0) is 0 Å². The molecule has 0 radical (unpaired) electrons. The van der Waals surface area contributed by atoms with Gasteiger partial charge in [-0.3, -0.25) is 25.2 Å². The summed E-state index contributed by atoms with van der Waals surface area (Å²) in [6.45, 7) is 1.74. The summed E-state index contributed by atoms with van der Waals surface area (Å²) >= 11 is 1.10. The van der Waals surface area contributed by atoms with Crippen LogP contribution in [0.3, 0.4) is 0 Å². The number of benzene rings is 1. The van der Waals surface area contributed by atoms with E-state index in [0.29, 0.717) is 21.0 Å². The first-order valence-corrected chi connectivity index (χ1v) is 8.47. The van der Waals surface area contributed by atoms with E-state index in [2.05, 4.69) is 16.2 Å². The topological polar surface area (TPSA) is 100 Å². The molecular weight excluding hydrogens is 354 g/mol. The van der Waals surface area contributed by atoms with Gasteiger partial charge < -0.3 is 9.73 Å². The lowest BCUT2D eigenvalue weighted by Crippen LogP contribution is -2.41. The van der Waals surface area contributed by atoms with Crippen molar-refractivity contribution in [1.82, 2.24) is 10.9 Å². The number of thiophene rings is 1. The van der Waals surface area contributed by atoms with E-state index in [9.17, 15) is 14.4 Å². The van der Waals surface area contributed by atoms with Gasteiger partial charge >= 0.3 is 0 Å².